The normalized spacial score (nSPS) is 39.2. The van der Waals surface area contributed by atoms with Crippen molar-refractivity contribution in [3.63, 3.8) is 0 Å². The van der Waals surface area contributed by atoms with Gasteiger partial charge in [0.15, 0.2) is 17.7 Å². The van der Waals surface area contributed by atoms with Crippen LogP contribution in [0.3, 0.4) is 0 Å². The Morgan fingerprint density at radius 1 is 1.19 bits per heavy atom. The Kier molecular flexibility index (Phi) is 4.07. The molecule has 3 fully saturated rings. The van der Waals surface area contributed by atoms with E-state index in [1.807, 2.05) is 11.8 Å². The second-order valence-corrected chi connectivity index (χ2v) is 8.95. The molecule has 0 radical (unpaired) electrons. The van der Waals surface area contributed by atoms with E-state index < -0.39 is 24.5 Å². The van der Waals surface area contributed by atoms with Crippen molar-refractivity contribution in [1.29, 1.82) is 0 Å². The zero-order valence-electron chi connectivity index (χ0n) is 14.3. The maximum absolute atomic E-state index is 10.5. The minimum Gasteiger partial charge on any atom is -0.387 e. The molecule has 2 saturated carbocycles. The van der Waals surface area contributed by atoms with Crippen LogP contribution < -0.4 is 5.73 Å². The molecule has 140 valence electrons. The van der Waals surface area contributed by atoms with Gasteiger partial charge < -0.3 is 20.7 Å². The molecule has 9 heteroatoms. The van der Waals surface area contributed by atoms with Crippen molar-refractivity contribution in [3.05, 3.63) is 12.7 Å². The molecule has 0 aromatic carbocycles. The Bertz CT molecular complexity index is 817. The van der Waals surface area contributed by atoms with Gasteiger partial charge in [0.2, 0.25) is 0 Å². The summed E-state index contributed by atoms with van der Waals surface area (Å²) in [4.78, 5) is 12.3. The number of aliphatic hydroxyl groups is 2. The highest BCUT2D eigenvalue weighted by Gasteiger charge is 2.46. The number of ether oxygens (including phenoxy) is 1. The van der Waals surface area contributed by atoms with E-state index in [4.69, 9.17) is 10.5 Å². The fourth-order valence-electron chi connectivity index (χ4n) is 4.76. The number of fused-ring (bicyclic) bond motifs is 3. The van der Waals surface area contributed by atoms with Crippen LogP contribution in [-0.2, 0) is 4.74 Å². The molecule has 26 heavy (non-hydrogen) atoms. The lowest BCUT2D eigenvalue weighted by Gasteiger charge is -2.23. The molecule has 2 aromatic rings. The third kappa shape index (κ3) is 2.60. The van der Waals surface area contributed by atoms with Crippen LogP contribution in [0.25, 0.3) is 11.2 Å². The lowest BCUT2D eigenvalue weighted by atomic mass is 10.0. The van der Waals surface area contributed by atoms with Crippen LogP contribution in [0.15, 0.2) is 12.7 Å². The summed E-state index contributed by atoms with van der Waals surface area (Å²) in [6, 6.07) is 0. The lowest BCUT2D eigenvalue weighted by Crippen LogP contribution is -2.33. The van der Waals surface area contributed by atoms with Gasteiger partial charge in [0.25, 0.3) is 0 Å². The van der Waals surface area contributed by atoms with Gasteiger partial charge in [0, 0.05) is 11.0 Å². The minimum atomic E-state index is -1.03. The minimum absolute atomic E-state index is 0.283. The number of thioether (sulfide) groups is 1. The van der Waals surface area contributed by atoms with Gasteiger partial charge in [0.05, 0.1) is 12.4 Å². The van der Waals surface area contributed by atoms with Crippen LogP contribution in [0.4, 0.5) is 5.82 Å². The summed E-state index contributed by atoms with van der Waals surface area (Å²) in [7, 11) is 0. The summed E-state index contributed by atoms with van der Waals surface area (Å²) in [6.45, 7) is 0. The van der Waals surface area contributed by atoms with Crippen molar-refractivity contribution < 1.29 is 14.9 Å². The average Bonchev–Trinajstić information content (AvgIpc) is 3.40. The summed E-state index contributed by atoms with van der Waals surface area (Å²) in [5.41, 5.74) is 6.79. The Morgan fingerprint density at radius 2 is 2.08 bits per heavy atom. The fourth-order valence-corrected chi connectivity index (χ4v) is 6.40. The Hall–Kier alpha value is -1.42. The summed E-state index contributed by atoms with van der Waals surface area (Å²) in [5.74, 6) is 2.69. The molecule has 0 spiro atoms. The molecule has 3 aliphatic rings. The molecule has 1 saturated heterocycles. The van der Waals surface area contributed by atoms with Crippen molar-refractivity contribution >= 4 is 28.7 Å². The van der Waals surface area contributed by atoms with E-state index in [-0.39, 0.29) is 5.82 Å². The van der Waals surface area contributed by atoms with Gasteiger partial charge in [-0.1, -0.05) is 6.42 Å². The van der Waals surface area contributed by atoms with Gasteiger partial charge in [-0.25, -0.2) is 15.0 Å². The molecule has 2 aliphatic carbocycles. The average molecular weight is 377 g/mol. The van der Waals surface area contributed by atoms with Crippen LogP contribution in [0.2, 0.25) is 0 Å². The third-order valence-electron chi connectivity index (χ3n) is 6.15. The van der Waals surface area contributed by atoms with E-state index in [1.54, 1.807) is 4.57 Å². The molecule has 7 atom stereocenters. The second kappa shape index (κ2) is 6.33. The van der Waals surface area contributed by atoms with Gasteiger partial charge in [-0.2, -0.15) is 11.8 Å². The SMILES string of the molecule is Nc1ncnc2c1ncn2[C@@H]1O[C@H](CSC2CC3CCC2C3)[C@@H](O)[C@H]1O. The highest BCUT2D eigenvalue weighted by atomic mass is 32.2. The zero-order chi connectivity index (χ0) is 17.8. The van der Waals surface area contributed by atoms with Crippen LogP contribution in [0.1, 0.15) is 31.9 Å². The van der Waals surface area contributed by atoms with Gasteiger partial charge in [0.1, 0.15) is 24.1 Å². The third-order valence-corrected chi connectivity index (χ3v) is 7.67. The summed E-state index contributed by atoms with van der Waals surface area (Å²) in [5, 5.41) is 21.7. The number of aliphatic hydroxyl groups excluding tert-OH is 2. The predicted molar refractivity (Wildman–Crippen MR) is 97.4 cm³/mol. The number of hydrogen-bond donors (Lipinski definition) is 3. The number of nitrogens with two attached hydrogens (primary N) is 1. The molecule has 2 aromatic heterocycles. The number of hydrogen-bond acceptors (Lipinski definition) is 8. The molecule has 2 bridgehead atoms. The van der Waals surface area contributed by atoms with E-state index >= 15 is 0 Å². The molecular weight excluding hydrogens is 354 g/mol. The molecule has 3 unspecified atom stereocenters. The van der Waals surface area contributed by atoms with Crippen molar-refractivity contribution in [1.82, 2.24) is 19.5 Å². The molecule has 0 amide bonds. The second-order valence-electron chi connectivity index (χ2n) is 7.68. The van der Waals surface area contributed by atoms with Crippen molar-refractivity contribution in [2.24, 2.45) is 11.8 Å². The highest BCUT2D eigenvalue weighted by molar-refractivity contribution is 7.99. The monoisotopic (exact) mass is 377 g/mol. The number of imidazole rings is 1. The molecule has 1 aliphatic heterocycles. The maximum atomic E-state index is 10.5. The number of aromatic nitrogens is 4. The maximum Gasteiger partial charge on any atom is 0.167 e. The van der Waals surface area contributed by atoms with Crippen LogP contribution in [0.5, 0.6) is 0 Å². The predicted octanol–water partition coefficient (Wildman–Crippen LogP) is 0.949. The first-order valence-corrected chi connectivity index (χ1v) is 10.2. The molecular formula is C17H23N5O3S. The molecule has 3 heterocycles. The fraction of sp³-hybridized carbons (Fsp3) is 0.706. The number of rotatable bonds is 4. The van der Waals surface area contributed by atoms with Gasteiger partial charge in [-0.3, -0.25) is 4.57 Å². The van der Waals surface area contributed by atoms with E-state index in [0.29, 0.717) is 22.2 Å². The number of nitrogens with zero attached hydrogens (tertiary/aromatic N) is 4. The van der Waals surface area contributed by atoms with Crippen LogP contribution in [-0.4, -0.2) is 59.0 Å². The summed E-state index contributed by atoms with van der Waals surface area (Å²) in [6.07, 6.45) is 5.15. The number of anilines is 1. The topological polar surface area (TPSA) is 119 Å². The largest absolute Gasteiger partial charge is 0.387 e. The van der Waals surface area contributed by atoms with Gasteiger partial charge in [-0.05, 0) is 31.1 Å². The quantitative estimate of drug-likeness (QED) is 0.720. The van der Waals surface area contributed by atoms with Gasteiger partial charge in [-0.15, -0.1) is 0 Å². The first-order valence-electron chi connectivity index (χ1n) is 9.18. The van der Waals surface area contributed by atoms with E-state index in [1.165, 1.54) is 38.3 Å². The molecule has 8 nitrogen and oxygen atoms in total. The van der Waals surface area contributed by atoms with Crippen molar-refractivity contribution in [2.45, 2.75) is 55.5 Å². The summed E-state index contributed by atoms with van der Waals surface area (Å²) < 4.78 is 7.65. The van der Waals surface area contributed by atoms with Crippen LogP contribution in [0, 0.1) is 11.8 Å². The van der Waals surface area contributed by atoms with Crippen molar-refractivity contribution in [3.8, 4) is 0 Å². The lowest BCUT2D eigenvalue weighted by molar-refractivity contribution is -0.0289. The van der Waals surface area contributed by atoms with E-state index in [9.17, 15) is 10.2 Å². The molecule has 4 N–H and O–H groups in total. The molecule has 5 rings (SSSR count). The first kappa shape index (κ1) is 16.7. The summed E-state index contributed by atoms with van der Waals surface area (Å²) >= 11 is 1.89. The Balaban J connectivity index is 1.31. The van der Waals surface area contributed by atoms with E-state index in [0.717, 1.165) is 11.8 Å². The zero-order valence-corrected chi connectivity index (χ0v) is 15.1. The first-order chi connectivity index (χ1) is 12.6. The highest BCUT2D eigenvalue weighted by Crippen LogP contribution is 2.50. The Labute approximate surface area is 155 Å². The standard InChI is InChI=1S/C17H23N5O3S/c18-15-12-16(20-6-19-15)22(7-21-12)17-14(24)13(23)10(25-17)5-26-11-4-8-1-2-9(11)3-8/h6-11,13-14,17,23-24H,1-5H2,(H2,18,19,20)/t8?,9?,10-,11?,13-,14-,17-/m1/s1. The van der Waals surface area contributed by atoms with Crippen molar-refractivity contribution in [2.75, 3.05) is 11.5 Å². The van der Waals surface area contributed by atoms with E-state index in [2.05, 4.69) is 15.0 Å². The van der Waals surface area contributed by atoms with Gasteiger partial charge >= 0.3 is 0 Å². The van der Waals surface area contributed by atoms with Crippen LogP contribution >= 0.6 is 11.8 Å². The Morgan fingerprint density at radius 3 is 2.85 bits per heavy atom. The smallest absolute Gasteiger partial charge is 0.167 e. The number of nitrogen functional groups attached to an aromatic ring is 1.